The van der Waals surface area contributed by atoms with Gasteiger partial charge >= 0.3 is 0 Å². The molecule has 6 heteroatoms. The van der Waals surface area contributed by atoms with Crippen molar-refractivity contribution in [3.05, 3.63) is 16.1 Å². The second-order valence-corrected chi connectivity index (χ2v) is 4.62. The highest BCUT2D eigenvalue weighted by molar-refractivity contribution is 6.37. The normalized spacial score (nSPS) is 10.4. The van der Waals surface area contributed by atoms with Crippen LogP contribution in [-0.2, 0) is 4.74 Å². The van der Waals surface area contributed by atoms with E-state index in [4.69, 9.17) is 27.9 Å². The molecule has 0 saturated carbocycles. The number of unbranched alkanes of at least 4 members (excludes halogenated alkanes) is 1. The first-order valence-electron chi connectivity index (χ1n) is 6.01. The summed E-state index contributed by atoms with van der Waals surface area (Å²) >= 11 is 12.1. The van der Waals surface area contributed by atoms with Gasteiger partial charge in [-0.25, -0.2) is 4.98 Å². The number of hydrogen-bond donors (Lipinski definition) is 2. The smallest absolute Gasteiger partial charge is 0.147 e. The number of anilines is 2. The van der Waals surface area contributed by atoms with E-state index in [1.54, 1.807) is 13.2 Å². The Morgan fingerprint density at radius 3 is 2.44 bits per heavy atom. The Kier molecular flexibility index (Phi) is 7.16. The molecule has 1 heterocycles. The zero-order chi connectivity index (χ0) is 13.4. The van der Waals surface area contributed by atoms with Crippen LogP contribution in [0.2, 0.25) is 10.0 Å². The Labute approximate surface area is 118 Å². The van der Waals surface area contributed by atoms with E-state index in [1.807, 2.05) is 6.92 Å². The van der Waals surface area contributed by atoms with Crippen molar-refractivity contribution in [2.45, 2.75) is 19.8 Å². The third-order valence-corrected chi connectivity index (χ3v) is 2.92. The number of ether oxygens (including phenoxy) is 1. The van der Waals surface area contributed by atoms with Crippen molar-refractivity contribution in [2.75, 3.05) is 37.4 Å². The maximum atomic E-state index is 6.08. The van der Waals surface area contributed by atoms with Crippen LogP contribution in [0, 0.1) is 0 Å². The highest BCUT2D eigenvalue weighted by atomic mass is 35.5. The van der Waals surface area contributed by atoms with Crippen LogP contribution in [0.3, 0.4) is 0 Å². The van der Waals surface area contributed by atoms with E-state index in [2.05, 4.69) is 15.6 Å². The topological polar surface area (TPSA) is 46.2 Å². The molecule has 0 unspecified atom stereocenters. The summed E-state index contributed by atoms with van der Waals surface area (Å²) in [5.74, 6) is 1.32. The molecule has 0 aromatic carbocycles. The average Bonchev–Trinajstić information content (AvgIpc) is 2.34. The van der Waals surface area contributed by atoms with Crippen LogP contribution in [0.15, 0.2) is 6.07 Å². The van der Waals surface area contributed by atoms with E-state index in [0.717, 1.165) is 32.5 Å². The van der Waals surface area contributed by atoms with Gasteiger partial charge in [0.25, 0.3) is 0 Å². The first kappa shape index (κ1) is 15.3. The number of nitrogens with zero attached hydrogens (tertiary/aromatic N) is 1. The molecule has 0 spiro atoms. The molecule has 102 valence electrons. The molecule has 0 amide bonds. The van der Waals surface area contributed by atoms with Crippen LogP contribution in [0.1, 0.15) is 19.8 Å². The maximum absolute atomic E-state index is 6.08. The summed E-state index contributed by atoms with van der Waals surface area (Å²) in [6.07, 6.45) is 2.01. The van der Waals surface area contributed by atoms with Crippen LogP contribution in [0.25, 0.3) is 0 Å². The summed E-state index contributed by atoms with van der Waals surface area (Å²) in [5, 5.41) is 7.36. The molecule has 2 N–H and O–H groups in total. The fraction of sp³-hybridized carbons (Fsp3) is 0.583. The second kappa shape index (κ2) is 8.40. The Balaban J connectivity index is 2.56. The van der Waals surface area contributed by atoms with E-state index in [9.17, 15) is 0 Å². The van der Waals surface area contributed by atoms with Crippen LogP contribution in [0.5, 0.6) is 0 Å². The number of aromatic nitrogens is 1. The Morgan fingerprint density at radius 2 is 1.83 bits per heavy atom. The van der Waals surface area contributed by atoms with Crippen molar-refractivity contribution >= 4 is 34.8 Å². The number of rotatable bonds is 8. The molecule has 1 rings (SSSR count). The summed E-state index contributed by atoms with van der Waals surface area (Å²) in [7, 11) is 1.70. The van der Waals surface area contributed by atoms with Crippen LogP contribution < -0.4 is 10.6 Å². The summed E-state index contributed by atoms with van der Waals surface area (Å²) in [6, 6.07) is 1.70. The van der Waals surface area contributed by atoms with Gasteiger partial charge in [0, 0.05) is 26.8 Å². The monoisotopic (exact) mass is 291 g/mol. The summed E-state index contributed by atoms with van der Waals surface area (Å²) in [6.45, 7) is 4.33. The molecule has 4 nitrogen and oxygen atoms in total. The lowest BCUT2D eigenvalue weighted by Gasteiger charge is -2.11. The van der Waals surface area contributed by atoms with Crippen LogP contribution in [0.4, 0.5) is 11.6 Å². The van der Waals surface area contributed by atoms with E-state index in [0.29, 0.717) is 21.7 Å². The van der Waals surface area contributed by atoms with Gasteiger partial charge in [-0.15, -0.1) is 0 Å². The molecule has 0 aliphatic heterocycles. The minimum absolute atomic E-state index is 0.534. The lowest BCUT2D eigenvalue weighted by molar-refractivity contribution is 0.194. The molecule has 0 bridgehead atoms. The highest BCUT2D eigenvalue weighted by Gasteiger charge is 2.08. The number of pyridine rings is 1. The molecule has 0 radical (unpaired) electrons. The zero-order valence-corrected chi connectivity index (χ0v) is 12.2. The van der Waals surface area contributed by atoms with E-state index in [1.165, 1.54) is 0 Å². The van der Waals surface area contributed by atoms with Crippen molar-refractivity contribution in [3.63, 3.8) is 0 Å². The van der Waals surface area contributed by atoms with Crippen LogP contribution in [-0.4, -0.2) is 31.8 Å². The molecular weight excluding hydrogens is 273 g/mol. The van der Waals surface area contributed by atoms with Crippen LogP contribution >= 0.6 is 23.2 Å². The van der Waals surface area contributed by atoms with Crippen molar-refractivity contribution in [3.8, 4) is 0 Å². The first-order chi connectivity index (χ1) is 8.69. The number of nitrogens with one attached hydrogen (secondary N) is 2. The van der Waals surface area contributed by atoms with Crippen molar-refractivity contribution < 1.29 is 4.74 Å². The molecule has 0 atom stereocenters. The van der Waals surface area contributed by atoms with Gasteiger partial charge in [0.2, 0.25) is 0 Å². The highest BCUT2D eigenvalue weighted by Crippen LogP contribution is 2.29. The lowest BCUT2D eigenvalue weighted by atomic mass is 10.3. The Morgan fingerprint density at radius 1 is 1.17 bits per heavy atom. The van der Waals surface area contributed by atoms with Crippen molar-refractivity contribution in [1.29, 1.82) is 0 Å². The first-order valence-corrected chi connectivity index (χ1v) is 6.77. The van der Waals surface area contributed by atoms with Gasteiger partial charge < -0.3 is 15.4 Å². The van der Waals surface area contributed by atoms with E-state index >= 15 is 0 Å². The van der Waals surface area contributed by atoms with Gasteiger partial charge in [0.05, 0.1) is 10.0 Å². The van der Waals surface area contributed by atoms with Gasteiger partial charge in [0.1, 0.15) is 11.6 Å². The SMILES string of the molecule is CCNc1nc(NCCCCOC)c(Cl)cc1Cl. The predicted octanol–water partition coefficient (Wildman–Crippen LogP) is 3.66. The summed E-state index contributed by atoms with van der Waals surface area (Å²) in [4.78, 5) is 4.36. The minimum atomic E-state index is 0.534. The number of hydrogen-bond acceptors (Lipinski definition) is 4. The Hall–Kier alpha value is -0.710. The average molecular weight is 292 g/mol. The molecule has 0 aliphatic carbocycles. The third-order valence-electron chi connectivity index (χ3n) is 2.34. The quantitative estimate of drug-likeness (QED) is 0.718. The minimum Gasteiger partial charge on any atom is -0.385 e. The van der Waals surface area contributed by atoms with Gasteiger partial charge in [0.15, 0.2) is 0 Å². The zero-order valence-electron chi connectivity index (χ0n) is 10.7. The van der Waals surface area contributed by atoms with Gasteiger partial charge in [-0.1, -0.05) is 23.2 Å². The van der Waals surface area contributed by atoms with Gasteiger partial charge in [-0.2, -0.15) is 0 Å². The molecule has 1 aromatic rings. The molecular formula is C12H19Cl2N3O. The predicted molar refractivity (Wildman–Crippen MR) is 78.0 cm³/mol. The number of halogens is 2. The fourth-order valence-electron chi connectivity index (χ4n) is 1.46. The lowest BCUT2D eigenvalue weighted by Crippen LogP contribution is -2.07. The number of methoxy groups -OCH3 is 1. The molecule has 18 heavy (non-hydrogen) atoms. The standard InChI is InChI=1S/C12H19Cl2N3O/c1-3-15-11-9(13)8-10(14)12(17-11)16-6-4-5-7-18-2/h8H,3-7H2,1-2H3,(H2,15,16,17). The van der Waals surface area contributed by atoms with Gasteiger partial charge in [-0.05, 0) is 25.8 Å². The molecule has 0 aliphatic rings. The largest absolute Gasteiger partial charge is 0.385 e. The fourth-order valence-corrected chi connectivity index (χ4v) is 1.95. The Bertz CT molecular complexity index is 375. The summed E-state index contributed by atoms with van der Waals surface area (Å²) in [5.41, 5.74) is 0. The molecule has 0 fully saturated rings. The second-order valence-electron chi connectivity index (χ2n) is 3.81. The van der Waals surface area contributed by atoms with Crippen molar-refractivity contribution in [1.82, 2.24) is 4.98 Å². The van der Waals surface area contributed by atoms with Crippen molar-refractivity contribution in [2.24, 2.45) is 0 Å². The third kappa shape index (κ3) is 4.88. The molecule has 1 aromatic heterocycles. The molecule has 0 saturated heterocycles. The van der Waals surface area contributed by atoms with E-state index in [-0.39, 0.29) is 0 Å². The van der Waals surface area contributed by atoms with Gasteiger partial charge in [-0.3, -0.25) is 0 Å². The van der Waals surface area contributed by atoms with E-state index < -0.39 is 0 Å². The summed E-state index contributed by atoms with van der Waals surface area (Å²) < 4.78 is 4.99. The maximum Gasteiger partial charge on any atom is 0.147 e.